The number of carbonyl (C=O) groups excluding carboxylic acids is 1. The first-order chi connectivity index (χ1) is 11.0. The zero-order valence-electron chi connectivity index (χ0n) is 13.0. The highest BCUT2D eigenvalue weighted by Crippen LogP contribution is 2.30. The molecule has 1 atom stereocenters. The van der Waals surface area contributed by atoms with Crippen molar-refractivity contribution < 1.29 is 23.0 Å². The molecule has 0 saturated heterocycles. The van der Waals surface area contributed by atoms with Crippen LogP contribution in [0.25, 0.3) is 0 Å². The van der Waals surface area contributed by atoms with Gasteiger partial charge in [0.1, 0.15) is 11.6 Å². The van der Waals surface area contributed by atoms with Crippen LogP contribution in [0, 0.1) is 11.6 Å². The van der Waals surface area contributed by atoms with Crippen LogP contribution in [-0.4, -0.2) is 20.1 Å². The summed E-state index contributed by atoms with van der Waals surface area (Å²) < 4.78 is 37.2. The van der Waals surface area contributed by atoms with E-state index in [0.717, 1.165) is 23.8 Å². The summed E-state index contributed by atoms with van der Waals surface area (Å²) in [5, 5.41) is 2.63. The van der Waals surface area contributed by atoms with Gasteiger partial charge in [-0.05, 0) is 42.8 Å². The molecule has 0 heterocycles. The fourth-order valence-corrected chi connectivity index (χ4v) is 2.15. The molecular formula is C17H17F2NO3. The lowest BCUT2D eigenvalue weighted by atomic mass is 10.1. The monoisotopic (exact) mass is 321 g/mol. The number of nitrogens with one attached hydrogen (secondary N) is 1. The van der Waals surface area contributed by atoms with E-state index >= 15 is 0 Å². The summed E-state index contributed by atoms with van der Waals surface area (Å²) in [7, 11) is 3.03. The minimum Gasteiger partial charge on any atom is -0.493 e. The van der Waals surface area contributed by atoms with Crippen LogP contribution in [0.4, 0.5) is 8.78 Å². The molecule has 4 nitrogen and oxygen atoms in total. The summed E-state index contributed by atoms with van der Waals surface area (Å²) in [6.07, 6.45) is 0. The van der Waals surface area contributed by atoms with Gasteiger partial charge in [-0.2, -0.15) is 0 Å². The first-order valence-corrected chi connectivity index (χ1v) is 6.94. The zero-order chi connectivity index (χ0) is 17.0. The van der Waals surface area contributed by atoms with Crippen LogP contribution in [0.1, 0.15) is 28.9 Å². The normalized spacial score (nSPS) is 11.7. The van der Waals surface area contributed by atoms with E-state index in [2.05, 4.69) is 5.32 Å². The highest BCUT2D eigenvalue weighted by molar-refractivity contribution is 5.94. The summed E-state index contributed by atoms with van der Waals surface area (Å²) >= 11 is 0. The average Bonchev–Trinajstić information content (AvgIpc) is 2.56. The maximum Gasteiger partial charge on any atom is 0.254 e. The van der Waals surface area contributed by atoms with Crippen LogP contribution < -0.4 is 14.8 Å². The lowest BCUT2D eigenvalue weighted by Gasteiger charge is -2.17. The molecule has 0 aliphatic heterocycles. The van der Waals surface area contributed by atoms with Crippen LogP contribution in [0.15, 0.2) is 36.4 Å². The summed E-state index contributed by atoms with van der Waals surface area (Å²) in [5.74, 6) is -1.06. The van der Waals surface area contributed by atoms with Crippen molar-refractivity contribution in [2.75, 3.05) is 14.2 Å². The number of methoxy groups -OCH3 is 2. The highest BCUT2D eigenvalue weighted by atomic mass is 19.1. The van der Waals surface area contributed by atoms with E-state index in [1.54, 1.807) is 25.1 Å². The topological polar surface area (TPSA) is 47.6 Å². The second-order valence-electron chi connectivity index (χ2n) is 4.93. The zero-order valence-corrected chi connectivity index (χ0v) is 13.0. The molecule has 0 radical (unpaired) electrons. The Balaban J connectivity index is 2.19. The van der Waals surface area contributed by atoms with Gasteiger partial charge in [-0.15, -0.1) is 0 Å². The van der Waals surface area contributed by atoms with E-state index in [1.165, 1.54) is 14.2 Å². The van der Waals surface area contributed by atoms with Crippen molar-refractivity contribution in [1.82, 2.24) is 5.32 Å². The number of benzene rings is 2. The molecule has 0 saturated carbocycles. The molecular weight excluding hydrogens is 304 g/mol. The van der Waals surface area contributed by atoms with Crippen LogP contribution in [0.2, 0.25) is 0 Å². The molecule has 1 N–H and O–H groups in total. The van der Waals surface area contributed by atoms with Gasteiger partial charge in [0, 0.05) is 0 Å². The third-order valence-corrected chi connectivity index (χ3v) is 3.43. The van der Waals surface area contributed by atoms with E-state index in [1.807, 2.05) is 0 Å². The molecule has 2 aromatic carbocycles. The van der Waals surface area contributed by atoms with Gasteiger partial charge in [-0.25, -0.2) is 8.78 Å². The molecule has 0 aliphatic rings. The Hall–Kier alpha value is -2.63. The number of amides is 1. The average molecular weight is 321 g/mol. The Morgan fingerprint density at radius 3 is 2.39 bits per heavy atom. The van der Waals surface area contributed by atoms with Crippen LogP contribution in [-0.2, 0) is 0 Å². The molecule has 23 heavy (non-hydrogen) atoms. The molecule has 0 bridgehead atoms. The van der Waals surface area contributed by atoms with E-state index in [0.29, 0.717) is 11.5 Å². The van der Waals surface area contributed by atoms with Crippen molar-refractivity contribution in [1.29, 1.82) is 0 Å². The molecule has 122 valence electrons. The largest absolute Gasteiger partial charge is 0.493 e. The van der Waals surface area contributed by atoms with E-state index < -0.39 is 23.6 Å². The first kappa shape index (κ1) is 16.7. The van der Waals surface area contributed by atoms with Crippen molar-refractivity contribution in [3.63, 3.8) is 0 Å². The van der Waals surface area contributed by atoms with Crippen LogP contribution >= 0.6 is 0 Å². The van der Waals surface area contributed by atoms with Gasteiger partial charge in [-0.3, -0.25) is 4.79 Å². The SMILES string of the molecule is COc1ccc([C@@H](C)NC(=O)c2cc(F)ccc2F)cc1OC. The van der Waals surface area contributed by atoms with Gasteiger partial charge < -0.3 is 14.8 Å². The number of hydrogen-bond acceptors (Lipinski definition) is 3. The molecule has 0 unspecified atom stereocenters. The minimum atomic E-state index is -0.775. The number of rotatable bonds is 5. The Labute approximate surface area is 133 Å². The Morgan fingerprint density at radius 1 is 1.04 bits per heavy atom. The summed E-state index contributed by atoms with van der Waals surface area (Å²) in [5.41, 5.74) is 0.408. The van der Waals surface area contributed by atoms with Gasteiger partial charge in [0.05, 0.1) is 25.8 Å². The van der Waals surface area contributed by atoms with Crippen LogP contribution in [0.3, 0.4) is 0 Å². The quantitative estimate of drug-likeness (QED) is 0.917. The van der Waals surface area contributed by atoms with Crippen molar-refractivity contribution in [3.05, 3.63) is 59.2 Å². The first-order valence-electron chi connectivity index (χ1n) is 6.94. The second kappa shape index (κ2) is 7.09. The van der Waals surface area contributed by atoms with Crippen molar-refractivity contribution in [3.8, 4) is 11.5 Å². The van der Waals surface area contributed by atoms with Crippen molar-refractivity contribution in [2.24, 2.45) is 0 Å². The molecule has 0 aromatic heterocycles. The van der Waals surface area contributed by atoms with Crippen molar-refractivity contribution >= 4 is 5.91 Å². The predicted octanol–water partition coefficient (Wildman–Crippen LogP) is 3.47. The molecule has 2 rings (SSSR count). The number of halogens is 2. The number of carbonyl (C=O) groups is 1. The number of ether oxygens (including phenoxy) is 2. The summed E-state index contributed by atoms with van der Waals surface area (Å²) in [4.78, 5) is 12.1. The molecule has 0 spiro atoms. The third-order valence-electron chi connectivity index (χ3n) is 3.43. The Kier molecular flexibility index (Phi) is 5.16. The van der Waals surface area contributed by atoms with Gasteiger partial charge in [0.25, 0.3) is 5.91 Å². The van der Waals surface area contributed by atoms with Gasteiger partial charge in [0.15, 0.2) is 11.5 Å². The van der Waals surface area contributed by atoms with E-state index in [4.69, 9.17) is 9.47 Å². The Bertz CT molecular complexity index is 719. The second-order valence-corrected chi connectivity index (χ2v) is 4.93. The summed E-state index contributed by atoms with van der Waals surface area (Å²) in [6.45, 7) is 1.73. The predicted molar refractivity (Wildman–Crippen MR) is 81.8 cm³/mol. The third kappa shape index (κ3) is 3.77. The van der Waals surface area contributed by atoms with Crippen molar-refractivity contribution in [2.45, 2.75) is 13.0 Å². The van der Waals surface area contributed by atoms with Gasteiger partial charge in [-0.1, -0.05) is 6.07 Å². The molecule has 6 heteroatoms. The fourth-order valence-electron chi connectivity index (χ4n) is 2.15. The van der Waals surface area contributed by atoms with E-state index in [-0.39, 0.29) is 5.56 Å². The lowest BCUT2D eigenvalue weighted by molar-refractivity contribution is 0.0935. The lowest BCUT2D eigenvalue weighted by Crippen LogP contribution is -2.27. The van der Waals surface area contributed by atoms with Gasteiger partial charge >= 0.3 is 0 Å². The molecule has 2 aromatic rings. The maximum atomic E-state index is 13.6. The molecule has 1 amide bonds. The number of hydrogen-bond donors (Lipinski definition) is 1. The van der Waals surface area contributed by atoms with E-state index in [9.17, 15) is 13.6 Å². The Morgan fingerprint density at radius 2 is 1.74 bits per heavy atom. The standard InChI is InChI=1S/C17H17F2NO3/c1-10(11-4-7-15(22-2)16(8-11)23-3)20-17(21)13-9-12(18)5-6-14(13)19/h4-10H,1-3H3,(H,20,21)/t10-/m1/s1. The summed E-state index contributed by atoms with van der Waals surface area (Å²) in [6, 6.07) is 7.51. The minimum absolute atomic E-state index is 0.336. The molecule has 0 fully saturated rings. The smallest absolute Gasteiger partial charge is 0.254 e. The molecule has 0 aliphatic carbocycles. The highest BCUT2D eigenvalue weighted by Gasteiger charge is 2.17. The van der Waals surface area contributed by atoms with Gasteiger partial charge in [0.2, 0.25) is 0 Å². The maximum absolute atomic E-state index is 13.6. The fraction of sp³-hybridized carbons (Fsp3) is 0.235. The van der Waals surface area contributed by atoms with Crippen LogP contribution in [0.5, 0.6) is 11.5 Å².